The van der Waals surface area contributed by atoms with Crippen LogP contribution in [-0.4, -0.2) is 32.0 Å². The van der Waals surface area contributed by atoms with E-state index in [-0.39, 0.29) is 0 Å². The molecule has 0 aliphatic carbocycles. The summed E-state index contributed by atoms with van der Waals surface area (Å²) in [6, 6.07) is 15.2. The summed E-state index contributed by atoms with van der Waals surface area (Å²) >= 11 is 0. The normalized spacial score (nSPS) is 13.0. The summed E-state index contributed by atoms with van der Waals surface area (Å²) in [4.78, 5) is 4.53. The van der Waals surface area contributed by atoms with Crippen LogP contribution < -0.4 is 14.8 Å². The van der Waals surface area contributed by atoms with E-state index < -0.39 is 6.10 Å². The number of hydrogen-bond acceptors (Lipinski definition) is 5. The third kappa shape index (κ3) is 3.67. The Morgan fingerprint density at radius 1 is 1.04 bits per heavy atom. The van der Waals surface area contributed by atoms with Gasteiger partial charge in [0.05, 0.1) is 32.2 Å². The molecule has 0 unspecified atom stereocenters. The Bertz CT molecular complexity index is 944. The molecule has 5 nitrogen and oxygen atoms in total. The van der Waals surface area contributed by atoms with Crippen molar-refractivity contribution in [1.29, 1.82) is 0 Å². The second kappa shape index (κ2) is 7.40. The summed E-state index contributed by atoms with van der Waals surface area (Å²) in [5, 5.41) is 11.2. The molecule has 5 heteroatoms. The van der Waals surface area contributed by atoms with Crippen molar-refractivity contribution < 1.29 is 19.0 Å². The van der Waals surface area contributed by atoms with E-state index >= 15 is 0 Å². The van der Waals surface area contributed by atoms with Gasteiger partial charge in [-0.25, -0.2) is 0 Å². The largest absolute Gasteiger partial charge is 0.493 e. The van der Waals surface area contributed by atoms with Crippen molar-refractivity contribution in [2.75, 3.05) is 20.8 Å². The minimum absolute atomic E-state index is 0.333. The summed E-state index contributed by atoms with van der Waals surface area (Å²) in [7, 11) is 3.20. The molecular formula is C20H21NO4. The molecule has 130 valence electrons. The van der Waals surface area contributed by atoms with Crippen LogP contribution in [0.4, 0.5) is 0 Å². The number of aliphatic hydroxyl groups is 1. The van der Waals surface area contributed by atoms with Crippen molar-refractivity contribution in [3.8, 4) is 22.8 Å². The number of ether oxygens (including phenoxy) is 2. The maximum atomic E-state index is 9.55. The number of rotatable bonds is 5. The number of methoxy groups -OCH3 is 2. The fraction of sp³-hybridized carbons (Fsp3) is 0.250. The van der Waals surface area contributed by atoms with Crippen LogP contribution in [0.25, 0.3) is 22.3 Å². The molecule has 2 aromatic carbocycles. The molecule has 0 saturated heterocycles. The highest BCUT2D eigenvalue weighted by Gasteiger charge is 2.10. The van der Waals surface area contributed by atoms with Crippen molar-refractivity contribution in [3.05, 3.63) is 53.9 Å². The minimum atomic E-state index is -0.500. The monoisotopic (exact) mass is 339 g/mol. The number of aliphatic hydroxyl groups excluding tert-OH is 1. The van der Waals surface area contributed by atoms with E-state index in [2.05, 4.69) is 4.99 Å². The molecule has 1 atom stereocenters. The van der Waals surface area contributed by atoms with E-state index in [9.17, 15) is 5.11 Å². The van der Waals surface area contributed by atoms with E-state index in [1.165, 1.54) is 0 Å². The molecule has 0 spiro atoms. The Hall–Kier alpha value is -2.79. The first-order valence-electron chi connectivity index (χ1n) is 8.06. The first-order chi connectivity index (χ1) is 12.1. The van der Waals surface area contributed by atoms with Crippen LogP contribution in [-0.2, 0) is 0 Å². The molecule has 1 aromatic heterocycles. The van der Waals surface area contributed by atoms with Gasteiger partial charge < -0.3 is 19.0 Å². The fourth-order valence-corrected chi connectivity index (χ4v) is 2.61. The molecule has 1 N–H and O–H groups in total. The van der Waals surface area contributed by atoms with Crippen LogP contribution in [0.15, 0.2) is 57.9 Å². The molecule has 0 bridgehead atoms. The van der Waals surface area contributed by atoms with Gasteiger partial charge in [-0.15, -0.1) is 0 Å². The molecule has 3 aromatic rings. The van der Waals surface area contributed by atoms with Gasteiger partial charge >= 0.3 is 0 Å². The second-order valence-corrected chi connectivity index (χ2v) is 5.75. The molecule has 3 rings (SSSR count). The highest BCUT2D eigenvalue weighted by atomic mass is 16.5. The predicted octanol–water partition coefficient (Wildman–Crippen LogP) is 3.40. The lowest BCUT2D eigenvalue weighted by Crippen LogP contribution is -2.11. The van der Waals surface area contributed by atoms with E-state index in [4.69, 9.17) is 13.9 Å². The quantitative estimate of drug-likeness (QED) is 0.774. The first-order valence-corrected chi connectivity index (χ1v) is 8.06. The standard InChI is InChI=1S/C20H21NO4/c1-13(22)12-21-16-11-19(25-17-7-5-4-6-15(16)17)14-8-9-18(23-2)20(10-14)24-3/h4-11,13,22H,12H2,1-3H3/t13-/m0/s1. The number of benzene rings is 2. The number of hydrogen-bond donors (Lipinski definition) is 1. The lowest BCUT2D eigenvalue weighted by Gasteiger charge is -2.10. The number of fused-ring (bicyclic) bond motifs is 1. The van der Waals surface area contributed by atoms with Crippen LogP contribution in [0.2, 0.25) is 0 Å². The van der Waals surface area contributed by atoms with Crippen molar-refractivity contribution in [1.82, 2.24) is 0 Å². The summed E-state index contributed by atoms with van der Waals surface area (Å²) in [6.45, 7) is 2.05. The van der Waals surface area contributed by atoms with Gasteiger partial charge in [0.15, 0.2) is 11.5 Å². The Morgan fingerprint density at radius 2 is 1.80 bits per heavy atom. The molecule has 25 heavy (non-hydrogen) atoms. The van der Waals surface area contributed by atoms with E-state index in [1.807, 2.05) is 48.5 Å². The van der Waals surface area contributed by atoms with Crippen molar-refractivity contribution >= 4 is 11.0 Å². The van der Waals surface area contributed by atoms with Crippen LogP contribution in [0.1, 0.15) is 6.92 Å². The van der Waals surface area contributed by atoms with E-state index in [0.717, 1.165) is 21.9 Å². The maximum absolute atomic E-state index is 9.55. The highest BCUT2D eigenvalue weighted by Crippen LogP contribution is 2.32. The van der Waals surface area contributed by atoms with Crippen molar-refractivity contribution in [2.45, 2.75) is 13.0 Å². The van der Waals surface area contributed by atoms with Gasteiger partial charge in [-0.2, -0.15) is 0 Å². The Morgan fingerprint density at radius 3 is 2.52 bits per heavy atom. The molecular weight excluding hydrogens is 318 g/mol. The van der Waals surface area contributed by atoms with Crippen LogP contribution in [0, 0.1) is 0 Å². The van der Waals surface area contributed by atoms with Crippen LogP contribution >= 0.6 is 0 Å². The van der Waals surface area contributed by atoms with Gasteiger partial charge in [-0.3, -0.25) is 4.99 Å². The zero-order valence-electron chi connectivity index (χ0n) is 14.5. The minimum Gasteiger partial charge on any atom is -0.493 e. The lowest BCUT2D eigenvalue weighted by atomic mass is 10.1. The number of nitrogens with zero attached hydrogens (tertiary/aromatic N) is 1. The smallest absolute Gasteiger partial charge is 0.161 e. The Kier molecular flexibility index (Phi) is 5.05. The Balaban J connectivity index is 2.18. The van der Waals surface area contributed by atoms with Crippen LogP contribution in [0.5, 0.6) is 11.5 Å². The van der Waals surface area contributed by atoms with E-state index in [1.54, 1.807) is 21.1 Å². The first kappa shape index (κ1) is 17.0. The van der Waals surface area contributed by atoms with Gasteiger partial charge in [0.1, 0.15) is 11.3 Å². The fourth-order valence-electron chi connectivity index (χ4n) is 2.61. The van der Waals surface area contributed by atoms with Gasteiger partial charge in [-0.05, 0) is 37.3 Å². The second-order valence-electron chi connectivity index (χ2n) is 5.75. The van der Waals surface area contributed by atoms with Gasteiger partial charge in [-0.1, -0.05) is 12.1 Å². The van der Waals surface area contributed by atoms with Gasteiger partial charge in [0.2, 0.25) is 0 Å². The maximum Gasteiger partial charge on any atom is 0.161 e. The Labute approximate surface area is 146 Å². The highest BCUT2D eigenvalue weighted by molar-refractivity contribution is 5.78. The zero-order chi connectivity index (χ0) is 17.8. The third-order valence-electron chi connectivity index (χ3n) is 3.84. The van der Waals surface area contributed by atoms with Gasteiger partial charge in [0, 0.05) is 17.0 Å². The summed E-state index contributed by atoms with van der Waals surface area (Å²) in [5.41, 5.74) is 1.59. The van der Waals surface area contributed by atoms with E-state index in [0.29, 0.717) is 23.8 Å². The molecule has 0 fully saturated rings. The summed E-state index contributed by atoms with van der Waals surface area (Å²) in [6.07, 6.45) is -0.500. The number of para-hydroxylation sites is 1. The molecule has 0 aliphatic rings. The van der Waals surface area contributed by atoms with Crippen molar-refractivity contribution in [2.24, 2.45) is 4.99 Å². The average molecular weight is 339 g/mol. The lowest BCUT2D eigenvalue weighted by molar-refractivity contribution is 0.203. The van der Waals surface area contributed by atoms with Crippen molar-refractivity contribution in [3.63, 3.8) is 0 Å². The molecule has 0 saturated carbocycles. The summed E-state index contributed by atoms with van der Waals surface area (Å²) in [5.74, 6) is 1.96. The average Bonchev–Trinajstić information content (AvgIpc) is 2.65. The zero-order valence-corrected chi connectivity index (χ0v) is 14.5. The third-order valence-corrected chi connectivity index (χ3v) is 3.84. The predicted molar refractivity (Wildman–Crippen MR) is 96.9 cm³/mol. The topological polar surface area (TPSA) is 64.2 Å². The SMILES string of the molecule is COc1ccc(-c2cc(=NC[C@H](C)O)c3ccccc3o2)cc1OC. The van der Waals surface area contributed by atoms with Crippen LogP contribution in [0.3, 0.4) is 0 Å². The summed E-state index contributed by atoms with van der Waals surface area (Å²) < 4.78 is 16.7. The molecule has 1 heterocycles. The molecule has 0 radical (unpaired) electrons. The van der Waals surface area contributed by atoms with Gasteiger partial charge in [0.25, 0.3) is 0 Å². The molecule has 0 amide bonds. The molecule has 0 aliphatic heterocycles.